The molecule has 9 nitrogen and oxygen atoms in total. The zero-order valence-corrected chi connectivity index (χ0v) is 18.4. The van der Waals surface area contributed by atoms with E-state index in [1.807, 2.05) is 23.7 Å². The van der Waals surface area contributed by atoms with Gasteiger partial charge in [-0.05, 0) is 60.3 Å². The number of carbonyl (C=O) groups excluding carboxylic acids is 1. The van der Waals surface area contributed by atoms with Gasteiger partial charge in [-0.1, -0.05) is 0 Å². The number of nitrogens with one attached hydrogen (secondary N) is 1. The van der Waals surface area contributed by atoms with Crippen molar-refractivity contribution in [2.45, 2.75) is 14.9 Å². The molecule has 11 heteroatoms. The highest BCUT2D eigenvalue weighted by molar-refractivity contribution is 7.99. The lowest BCUT2D eigenvalue weighted by Gasteiger charge is -2.26. The molecule has 1 aliphatic heterocycles. The largest absolute Gasteiger partial charge is 0.379 e. The number of aryl methyl sites for hydroxylation is 1. The number of benzene rings is 2. The maximum atomic E-state index is 12.7. The van der Waals surface area contributed by atoms with Gasteiger partial charge in [0, 0.05) is 36.3 Å². The molecule has 0 unspecified atom stereocenters. The standard InChI is InChI=1S/C20H21N5O4S2/c1-24-14-21-23-20(24)30-17-6-4-16(5-7-17)22-19(26)15-2-8-18(9-3-15)31(27,28)25-10-12-29-13-11-25/h2-9,14H,10-13H2,1H3,(H,22,26). The Morgan fingerprint density at radius 2 is 1.74 bits per heavy atom. The third-order valence-corrected chi connectivity index (χ3v) is 7.69. The van der Waals surface area contributed by atoms with Crippen LogP contribution in [0.3, 0.4) is 0 Å². The molecule has 1 saturated heterocycles. The molecule has 3 aromatic rings. The number of carbonyl (C=O) groups is 1. The lowest BCUT2D eigenvalue weighted by molar-refractivity contribution is 0.0730. The lowest BCUT2D eigenvalue weighted by Crippen LogP contribution is -2.40. The van der Waals surface area contributed by atoms with Crippen LogP contribution in [-0.4, -0.2) is 59.7 Å². The van der Waals surface area contributed by atoms with Gasteiger partial charge in [-0.25, -0.2) is 8.42 Å². The van der Waals surface area contributed by atoms with Crippen LogP contribution in [-0.2, 0) is 21.8 Å². The van der Waals surface area contributed by atoms with E-state index in [1.54, 1.807) is 18.5 Å². The third kappa shape index (κ3) is 4.96. The second-order valence-corrected chi connectivity index (χ2v) is 9.82. The summed E-state index contributed by atoms with van der Waals surface area (Å²) in [6.07, 6.45) is 1.63. The van der Waals surface area contributed by atoms with Crippen LogP contribution in [0.4, 0.5) is 5.69 Å². The van der Waals surface area contributed by atoms with Crippen LogP contribution in [0.25, 0.3) is 0 Å². The van der Waals surface area contributed by atoms with Gasteiger partial charge < -0.3 is 14.6 Å². The smallest absolute Gasteiger partial charge is 0.255 e. The molecule has 1 amide bonds. The first kappa shape index (κ1) is 21.5. The molecule has 0 atom stereocenters. The molecule has 31 heavy (non-hydrogen) atoms. The first-order valence-electron chi connectivity index (χ1n) is 9.55. The summed E-state index contributed by atoms with van der Waals surface area (Å²) < 4.78 is 33.8. The summed E-state index contributed by atoms with van der Waals surface area (Å²) in [6.45, 7) is 1.43. The Hall–Kier alpha value is -2.73. The molecule has 162 valence electrons. The van der Waals surface area contributed by atoms with Crippen molar-refractivity contribution in [2.24, 2.45) is 7.05 Å². The number of nitrogens with zero attached hydrogens (tertiary/aromatic N) is 4. The van der Waals surface area contributed by atoms with Crippen molar-refractivity contribution < 1.29 is 17.9 Å². The minimum atomic E-state index is -3.58. The van der Waals surface area contributed by atoms with Crippen molar-refractivity contribution >= 4 is 33.4 Å². The van der Waals surface area contributed by atoms with Gasteiger partial charge >= 0.3 is 0 Å². The van der Waals surface area contributed by atoms with E-state index in [1.165, 1.54) is 40.3 Å². The van der Waals surface area contributed by atoms with Gasteiger partial charge in [0.2, 0.25) is 10.0 Å². The fraction of sp³-hybridized carbons (Fsp3) is 0.250. The SMILES string of the molecule is Cn1cnnc1Sc1ccc(NC(=O)c2ccc(S(=O)(=O)N3CCOCC3)cc2)cc1. The summed E-state index contributed by atoms with van der Waals surface area (Å²) in [6, 6.07) is 13.3. The van der Waals surface area contributed by atoms with Crippen molar-refractivity contribution in [3.8, 4) is 0 Å². The van der Waals surface area contributed by atoms with Gasteiger partial charge in [-0.3, -0.25) is 4.79 Å². The number of ether oxygens (including phenoxy) is 1. The van der Waals surface area contributed by atoms with E-state index in [0.29, 0.717) is 37.6 Å². The van der Waals surface area contributed by atoms with Gasteiger partial charge in [-0.15, -0.1) is 10.2 Å². The van der Waals surface area contributed by atoms with Crippen LogP contribution in [0.1, 0.15) is 10.4 Å². The summed E-state index contributed by atoms with van der Waals surface area (Å²) >= 11 is 1.47. The van der Waals surface area contributed by atoms with E-state index >= 15 is 0 Å². The van der Waals surface area contributed by atoms with Crippen molar-refractivity contribution in [3.05, 3.63) is 60.4 Å². The van der Waals surface area contributed by atoms with Crippen molar-refractivity contribution in [1.29, 1.82) is 0 Å². The van der Waals surface area contributed by atoms with E-state index in [9.17, 15) is 13.2 Å². The maximum absolute atomic E-state index is 12.7. The third-order valence-electron chi connectivity index (χ3n) is 4.72. The van der Waals surface area contributed by atoms with E-state index in [-0.39, 0.29) is 10.8 Å². The predicted molar refractivity (Wildman–Crippen MR) is 116 cm³/mol. The van der Waals surface area contributed by atoms with Gasteiger partial charge in [-0.2, -0.15) is 4.31 Å². The monoisotopic (exact) mass is 459 g/mol. The maximum Gasteiger partial charge on any atom is 0.255 e. The first-order valence-corrected chi connectivity index (χ1v) is 11.8. The number of aromatic nitrogens is 3. The average molecular weight is 460 g/mol. The summed E-state index contributed by atoms with van der Waals surface area (Å²) in [4.78, 5) is 13.7. The molecule has 0 radical (unpaired) electrons. The van der Waals surface area contributed by atoms with Crippen molar-refractivity contribution in [1.82, 2.24) is 19.1 Å². The number of hydrogen-bond acceptors (Lipinski definition) is 7. The summed E-state index contributed by atoms with van der Waals surface area (Å²) in [5, 5.41) is 11.5. The molecule has 1 fully saturated rings. The summed E-state index contributed by atoms with van der Waals surface area (Å²) in [7, 11) is -1.72. The highest BCUT2D eigenvalue weighted by atomic mass is 32.2. The number of morpholine rings is 1. The number of rotatable bonds is 6. The van der Waals surface area contributed by atoms with Gasteiger partial charge in [0.05, 0.1) is 18.1 Å². The van der Waals surface area contributed by atoms with Gasteiger partial charge in [0.25, 0.3) is 5.91 Å². The van der Waals surface area contributed by atoms with Crippen LogP contribution in [0.5, 0.6) is 0 Å². The second kappa shape index (κ2) is 9.18. The Bertz CT molecular complexity index is 1160. The van der Waals surface area contributed by atoms with Crippen LogP contribution in [0, 0.1) is 0 Å². The van der Waals surface area contributed by atoms with Crippen LogP contribution in [0.2, 0.25) is 0 Å². The fourth-order valence-electron chi connectivity index (χ4n) is 2.99. The Morgan fingerprint density at radius 3 is 2.35 bits per heavy atom. The topological polar surface area (TPSA) is 106 Å². The van der Waals surface area contributed by atoms with Crippen molar-refractivity contribution in [3.63, 3.8) is 0 Å². The fourth-order valence-corrected chi connectivity index (χ4v) is 5.16. The number of anilines is 1. The summed E-state index contributed by atoms with van der Waals surface area (Å²) in [5.74, 6) is -0.316. The molecule has 0 bridgehead atoms. The molecule has 0 saturated carbocycles. The molecule has 4 rings (SSSR count). The highest BCUT2D eigenvalue weighted by Gasteiger charge is 2.26. The number of amides is 1. The highest BCUT2D eigenvalue weighted by Crippen LogP contribution is 2.26. The first-order chi connectivity index (χ1) is 14.9. The minimum absolute atomic E-state index is 0.163. The number of sulfonamides is 1. The molecule has 0 spiro atoms. The Balaban J connectivity index is 1.40. The van der Waals surface area contributed by atoms with E-state index in [0.717, 1.165) is 10.1 Å². The lowest BCUT2D eigenvalue weighted by atomic mass is 10.2. The van der Waals surface area contributed by atoms with Crippen molar-refractivity contribution in [2.75, 3.05) is 31.6 Å². The van der Waals surface area contributed by atoms with Gasteiger partial charge in [0.1, 0.15) is 6.33 Å². The normalized spacial score (nSPS) is 15.0. The molecule has 1 aromatic heterocycles. The average Bonchev–Trinajstić information content (AvgIpc) is 3.20. The van der Waals surface area contributed by atoms with E-state index < -0.39 is 10.0 Å². The molecule has 1 aliphatic rings. The van der Waals surface area contributed by atoms with Crippen LogP contribution < -0.4 is 5.32 Å². The van der Waals surface area contributed by atoms with E-state index in [4.69, 9.17) is 4.74 Å². The Labute approximate surface area is 184 Å². The predicted octanol–water partition coefficient (Wildman–Crippen LogP) is 2.24. The Kier molecular flexibility index (Phi) is 6.37. The van der Waals surface area contributed by atoms with Gasteiger partial charge in [0.15, 0.2) is 5.16 Å². The molecular weight excluding hydrogens is 438 g/mol. The molecule has 1 N–H and O–H groups in total. The summed E-state index contributed by atoms with van der Waals surface area (Å²) in [5.41, 5.74) is 1.01. The zero-order valence-electron chi connectivity index (χ0n) is 16.8. The molecular formula is C20H21N5O4S2. The second-order valence-electron chi connectivity index (χ2n) is 6.85. The number of hydrogen-bond donors (Lipinski definition) is 1. The molecule has 2 heterocycles. The quantitative estimate of drug-likeness (QED) is 0.602. The molecule has 2 aromatic carbocycles. The van der Waals surface area contributed by atoms with Crippen LogP contribution in [0.15, 0.2) is 69.8 Å². The molecule has 0 aliphatic carbocycles. The van der Waals surface area contributed by atoms with E-state index in [2.05, 4.69) is 15.5 Å². The minimum Gasteiger partial charge on any atom is -0.379 e. The zero-order chi connectivity index (χ0) is 21.8. The Morgan fingerprint density at radius 1 is 1.06 bits per heavy atom. The van der Waals surface area contributed by atoms with Crippen LogP contribution >= 0.6 is 11.8 Å².